The van der Waals surface area contributed by atoms with Crippen LogP contribution in [0.1, 0.15) is 22.9 Å². The summed E-state index contributed by atoms with van der Waals surface area (Å²) in [6, 6.07) is 7.72. The molecule has 0 bridgehead atoms. The van der Waals surface area contributed by atoms with Crippen LogP contribution in [0.4, 0.5) is 0 Å². The number of hydrogen-bond donors (Lipinski definition) is 1. The van der Waals surface area contributed by atoms with Crippen LogP contribution < -0.4 is 0 Å². The Morgan fingerprint density at radius 2 is 2.26 bits per heavy atom. The summed E-state index contributed by atoms with van der Waals surface area (Å²) in [5.41, 5.74) is 2.50. The second-order valence-corrected chi connectivity index (χ2v) is 4.82. The molecule has 1 aromatic carbocycles. The molecule has 0 amide bonds. The van der Waals surface area contributed by atoms with Gasteiger partial charge in [-0.2, -0.15) is 5.10 Å². The van der Waals surface area contributed by atoms with Crippen molar-refractivity contribution in [2.45, 2.75) is 19.6 Å². The lowest BCUT2D eigenvalue weighted by molar-refractivity contribution is 0.171. The van der Waals surface area contributed by atoms with Gasteiger partial charge in [0.15, 0.2) is 0 Å². The van der Waals surface area contributed by atoms with Gasteiger partial charge in [0.2, 0.25) is 0 Å². The topological polar surface area (TPSA) is 47.3 Å². The maximum atomic E-state index is 10.5. The van der Waals surface area contributed by atoms with Crippen LogP contribution in [0.25, 0.3) is 0 Å². The van der Waals surface area contributed by atoms with E-state index in [2.05, 4.69) is 5.10 Å². The van der Waals surface area contributed by atoms with E-state index in [-0.39, 0.29) is 0 Å². The SMILES string of the molecule is COCCn1ncc(Cl)c1C(O)c1cccc(C)c1. The number of aromatic nitrogens is 2. The van der Waals surface area contributed by atoms with E-state index in [0.29, 0.717) is 23.9 Å². The van der Waals surface area contributed by atoms with Crippen LogP contribution in [0.5, 0.6) is 0 Å². The summed E-state index contributed by atoms with van der Waals surface area (Å²) in [6.07, 6.45) is 0.762. The molecule has 0 saturated heterocycles. The van der Waals surface area contributed by atoms with Crippen molar-refractivity contribution in [2.75, 3.05) is 13.7 Å². The number of methoxy groups -OCH3 is 1. The van der Waals surface area contributed by atoms with Crippen molar-refractivity contribution >= 4 is 11.6 Å². The number of halogens is 1. The Hall–Kier alpha value is -1.36. The third kappa shape index (κ3) is 3.15. The zero-order valence-corrected chi connectivity index (χ0v) is 11.8. The summed E-state index contributed by atoms with van der Waals surface area (Å²) in [5.74, 6) is 0. The zero-order valence-electron chi connectivity index (χ0n) is 11.0. The van der Waals surface area contributed by atoms with E-state index in [0.717, 1.165) is 11.1 Å². The van der Waals surface area contributed by atoms with Gasteiger partial charge in [-0.3, -0.25) is 4.68 Å². The molecule has 2 rings (SSSR count). The fourth-order valence-corrected chi connectivity index (χ4v) is 2.24. The lowest BCUT2D eigenvalue weighted by Crippen LogP contribution is -2.13. The Morgan fingerprint density at radius 1 is 1.47 bits per heavy atom. The molecule has 19 heavy (non-hydrogen) atoms. The van der Waals surface area contributed by atoms with Crippen LogP contribution in [0.15, 0.2) is 30.5 Å². The van der Waals surface area contributed by atoms with Gasteiger partial charge in [-0.25, -0.2) is 0 Å². The molecule has 0 aliphatic carbocycles. The molecule has 1 aromatic heterocycles. The van der Waals surface area contributed by atoms with Crippen molar-refractivity contribution in [1.29, 1.82) is 0 Å². The summed E-state index contributed by atoms with van der Waals surface area (Å²) < 4.78 is 6.71. The second kappa shape index (κ2) is 6.19. The normalized spacial score (nSPS) is 12.6. The molecule has 0 aliphatic heterocycles. The molecule has 0 spiro atoms. The molecule has 1 unspecified atom stereocenters. The molecular formula is C14H17ClN2O2. The highest BCUT2D eigenvalue weighted by Crippen LogP contribution is 2.28. The number of hydrogen-bond acceptors (Lipinski definition) is 3. The standard InChI is InChI=1S/C14H17ClN2O2/c1-10-4-3-5-11(8-10)14(18)13-12(15)9-16-17(13)6-7-19-2/h3-5,8-9,14,18H,6-7H2,1-2H3. The van der Waals surface area contributed by atoms with Crippen LogP contribution in [-0.4, -0.2) is 28.6 Å². The molecular weight excluding hydrogens is 264 g/mol. The molecule has 0 fully saturated rings. The highest BCUT2D eigenvalue weighted by molar-refractivity contribution is 6.31. The minimum atomic E-state index is -0.785. The largest absolute Gasteiger partial charge is 0.383 e. The molecule has 0 aliphatic rings. The third-order valence-corrected chi connectivity index (χ3v) is 3.25. The summed E-state index contributed by atoms with van der Waals surface area (Å²) >= 11 is 6.12. The van der Waals surface area contributed by atoms with Gasteiger partial charge < -0.3 is 9.84 Å². The monoisotopic (exact) mass is 280 g/mol. The Morgan fingerprint density at radius 3 is 2.95 bits per heavy atom. The van der Waals surface area contributed by atoms with E-state index in [1.807, 2.05) is 31.2 Å². The highest BCUT2D eigenvalue weighted by Gasteiger charge is 2.19. The average Bonchev–Trinajstić information content (AvgIpc) is 2.76. The van der Waals surface area contributed by atoms with Gasteiger partial charge in [-0.15, -0.1) is 0 Å². The maximum Gasteiger partial charge on any atom is 0.122 e. The van der Waals surface area contributed by atoms with Gasteiger partial charge in [-0.05, 0) is 12.5 Å². The number of rotatable bonds is 5. The minimum absolute atomic E-state index is 0.463. The van der Waals surface area contributed by atoms with Gasteiger partial charge in [0.05, 0.1) is 30.1 Å². The van der Waals surface area contributed by atoms with Crippen molar-refractivity contribution in [3.8, 4) is 0 Å². The van der Waals surface area contributed by atoms with E-state index >= 15 is 0 Å². The van der Waals surface area contributed by atoms with Crippen LogP contribution >= 0.6 is 11.6 Å². The van der Waals surface area contributed by atoms with E-state index in [4.69, 9.17) is 16.3 Å². The molecule has 102 valence electrons. The summed E-state index contributed by atoms with van der Waals surface area (Å²) in [7, 11) is 1.63. The Kier molecular flexibility index (Phi) is 4.58. The van der Waals surface area contributed by atoms with Crippen LogP contribution in [0.3, 0.4) is 0 Å². The number of nitrogens with zero attached hydrogens (tertiary/aromatic N) is 2. The predicted molar refractivity (Wildman–Crippen MR) is 74.4 cm³/mol. The van der Waals surface area contributed by atoms with Crippen molar-refractivity contribution < 1.29 is 9.84 Å². The highest BCUT2D eigenvalue weighted by atomic mass is 35.5. The smallest absolute Gasteiger partial charge is 0.122 e. The van der Waals surface area contributed by atoms with E-state index < -0.39 is 6.10 Å². The molecule has 0 saturated carbocycles. The van der Waals surface area contributed by atoms with E-state index in [9.17, 15) is 5.11 Å². The number of ether oxygens (including phenoxy) is 1. The second-order valence-electron chi connectivity index (χ2n) is 4.41. The fourth-order valence-electron chi connectivity index (χ4n) is 2.00. The van der Waals surface area contributed by atoms with Crippen molar-refractivity contribution in [2.24, 2.45) is 0 Å². The quantitative estimate of drug-likeness (QED) is 0.916. The van der Waals surface area contributed by atoms with E-state index in [1.54, 1.807) is 18.0 Å². The molecule has 1 atom stereocenters. The Bertz CT molecular complexity index is 554. The number of aliphatic hydroxyl groups excluding tert-OH is 1. The number of aryl methyl sites for hydroxylation is 1. The third-order valence-electron chi connectivity index (χ3n) is 2.96. The molecule has 1 N–H and O–H groups in total. The minimum Gasteiger partial charge on any atom is -0.383 e. The van der Waals surface area contributed by atoms with Crippen molar-refractivity contribution in [1.82, 2.24) is 9.78 Å². The number of benzene rings is 1. The summed E-state index contributed by atoms with van der Waals surface area (Å²) in [6.45, 7) is 3.06. The van der Waals surface area contributed by atoms with Gasteiger partial charge in [-0.1, -0.05) is 41.4 Å². The first-order chi connectivity index (χ1) is 9.13. The zero-order chi connectivity index (χ0) is 13.8. The first-order valence-electron chi connectivity index (χ1n) is 6.08. The van der Waals surface area contributed by atoms with Gasteiger partial charge in [0.25, 0.3) is 0 Å². The van der Waals surface area contributed by atoms with Crippen LogP contribution in [0, 0.1) is 6.92 Å². The molecule has 4 nitrogen and oxygen atoms in total. The maximum absolute atomic E-state index is 10.5. The van der Waals surface area contributed by atoms with Crippen molar-refractivity contribution in [3.63, 3.8) is 0 Å². The van der Waals surface area contributed by atoms with E-state index in [1.165, 1.54) is 0 Å². The Labute approximate surface area is 117 Å². The van der Waals surface area contributed by atoms with Crippen molar-refractivity contribution in [3.05, 3.63) is 52.3 Å². The number of aliphatic hydroxyl groups is 1. The first-order valence-corrected chi connectivity index (χ1v) is 6.46. The average molecular weight is 281 g/mol. The molecule has 0 radical (unpaired) electrons. The molecule has 1 heterocycles. The van der Waals surface area contributed by atoms with Gasteiger partial charge in [0.1, 0.15) is 6.10 Å². The lowest BCUT2D eigenvalue weighted by atomic mass is 10.0. The van der Waals surface area contributed by atoms with Crippen LogP contribution in [-0.2, 0) is 11.3 Å². The predicted octanol–water partition coefficient (Wildman–Crippen LogP) is 2.57. The molecule has 2 aromatic rings. The first kappa shape index (κ1) is 14.1. The lowest BCUT2D eigenvalue weighted by Gasteiger charge is -2.15. The molecule has 5 heteroatoms. The fraction of sp³-hybridized carbons (Fsp3) is 0.357. The van der Waals surface area contributed by atoms with Gasteiger partial charge in [0, 0.05) is 7.11 Å². The summed E-state index contributed by atoms with van der Waals surface area (Å²) in [5, 5.41) is 15.1. The summed E-state index contributed by atoms with van der Waals surface area (Å²) in [4.78, 5) is 0. The Balaban J connectivity index is 2.32. The van der Waals surface area contributed by atoms with Gasteiger partial charge >= 0.3 is 0 Å². The van der Waals surface area contributed by atoms with Crippen LogP contribution in [0.2, 0.25) is 5.02 Å².